The third kappa shape index (κ3) is 4.49. The van der Waals surface area contributed by atoms with Gasteiger partial charge in [0.15, 0.2) is 0 Å². The summed E-state index contributed by atoms with van der Waals surface area (Å²) in [4.78, 5) is 17.9. The molecule has 0 aliphatic carbocycles. The minimum absolute atomic E-state index is 0.115. The van der Waals surface area contributed by atoms with Crippen LogP contribution in [0.3, 0.4) is 0 Å². The molecule has 3 heterocycles. The molecule has 2 aromatic heterocycles. The number of nitriles is 1. The smallest absolute Gasteiger partial charge is 0.241 e. The SMILES string of the molecule is N#Cc1cccn1CCC(NS(=O)(=O)c1cccc2[nH]ccc12)C(=O)N1CCOCC1. The second kappa shape index (κ2) is 8.93. The number of hydrogen-bond acceptors (Lipinski definition) is 5. The van der Waals surface area contributed by atoms with Gasteiger partial charge in [0.1, 0.15) is 17.8 Å². The fraction of sp³-hybridized carbons (Fsp3) is 0.333. The van der Waals surface area contributed by atoms with Gasteiger partial charge in [-0.1, -0.05) is 6.07 Å². The van der Waals surface area contributed by atoms with Gasteiger partial charge in [-0.15, -0.1) is 0 Å². The van der Waals surface area contributed by atoms with Crippen molar-refractivity contribution in [1.82, 2.24) is 19.2 Å². The highest BCUT2D eigenvalue weighted by Crippen LogP contribution is 2.22. The quantitative estimate of drug-likeness (QED) is 0.575. The molecule has 1 saturated heterocycles. The number of rotatable bonds is 7. The van der Waals surface area contributed by atoms with Gasteiger partial charge in [-0.05, 0) is 36.8 Å². The number of fused-ring (bicyclic) bond motifs is 1. The molecule has 1 aromatic carbocycles. The summed E-state index contributed by atoms with van der Waals surface area (Å²) >= 11 is 0. The van der Waals surface area contributed by atoms with E-state index in [2.05, 4.69) is 15.8 Å². The number of morpholine rings is 1. The zero-order valence-corrected chi connectivity index (χ0v) is 17.6. The van der Waals surface area contributed by atoms with E-state index >= 15 is 0 Å². The molecule has 1 amide bonds. The van der Waals surface area contributed by atoms with Crippen LogP contribution in [0.1, 0.15) is 12.1 Å². The molecule has 1 unspecified atom stereocenters. The molecule has 162 valence electrons. The van der Waals surface area contributed by atoms with Gasteiger partial charge in [-0.2, -0.15) is 9.98 Å². The summed E-state index contributed by atoms with van der Waals surface area (Å²) in [7, 11) is -3.97. The van der Waals surface area contributed by atoms with E-state index in [9.17, 15) is 18.5 Å². The average molecular weight is 442 g/mol. The number of nitrogens with zero attached hydrogens (tertiary/aromatic N) is 3. The largest absolute Gasteiger partial charge is 0.378 e. The summed E-state index contributed by atoms with van der Waals surface area (Å²) < 4.78 is 36.1. The molecule has 31 heavy (non-hydrogen) atoms. The van der Waals surface area contributed by atoms with Crippen molar-refractivity contribution < 1.29 is 17.9 Å². The first kappa shape index (κ1) is 21.1. The molecule has 0 spiro atoms. The Labute approximate surface area is 180 Å². The molecule has 10 heteroatoms. The number of nitrogens with one attached hydrogen (secondary N) is 2. The Morgan fingerprint density at radius 1 is 1.23 bits per heavy atom. The van der Waals surface area contributed by atoms with Crippen LogP contribution >= 0.6 is 0 Å². The van der Waals surface area contributed by atoms with Crippen LogP contribution in [0.4, 0.5) is 0 Å². The number of aromatic amines is 1. The van der Waals surface area contributed by atoms with Crippen molar-refractivity contribution in [2.24, 2.45) is 0 Å². The van der Waals surface area contributed by atoms with E-state index in [0.29, 0.717) is 49.4 Å². The van der Waals surface area contributed by atoms with Crippen LogP contribution < -0.4 is 4.72 Å². The first-order chi connectivity index (χ1) is 15.0. The Balaban J connectivity index is 1.60. The summed E-state index contributed by atoms with van der Waals surface area (Å²) in [5, 5.41) is 9.79. The van der Waals surface area contributed by atoms with Crippen LogP contribution in [0.25, 0.3) is 10.9 Å². The molecule has 2 N–H and O–H groups in total. The number of carbonyl (C=O) groups excluding carboxylic acids is 1. The minimum atomic E-state index is -3.97. The Bertz CT molecular complexity index is 1220. The van der Waals surface area contributed by atoms with Crippen LogP contribution in [0.2, 0.25) is 0 Å². The zero-order chi connectivity index (χ0) is 21.8. The molecule has 0 bridgehead atoms. The van der Waals surface area contributed by atoms with Crippen LogP contribution in [0.15, 0.2) is 53.7 Å². The maximum absolute atomic E-state index is 13.2. The van der Waals surface area contributed by atoms with Gasteiger partial charge in [0.05, 0.1) is 18.1 Å². The van der Waals surface area contributed by atoms with Crippen molar-refractivity contribution in [1.29, 1.82) is 5.26 Å². The van der Waals surface area contributed by atoms with E-state index < -0.39 is 16.1 Å². The van der Waals surface area contributed by atoms with Crippen LogP contribution in [-0.4, -0.2) is 61.1 Å². The number of H-pyrrole nitrogens is 1. The lowest BCUT2D eigenvalue weighted by atomic mass is 10.2. The van der Waals surface area contributed by atoms with Crippen LogP contribution in [-0.2, 0) is 26.1 Å². The van der Waals surface area contributed by atoms with Crippen LogP contribution in [0, 0.1) is 11.3 Å². The number of hydrogen-bond donors (Lipinski definition) is 2. The molecule has 9 nitrogen and oxygen atoms in total. The second-order valence-electron chi connectivity index (χ2n) is 7.29. The Morgan fingerprint density at radius 3 is 2.81 bits per heavy atom. The highest BCUT2D eigenvalue weighted by atomic mass is 32.2. The number of aromatic nitrogens is 2. The predicted octanol–water partition coefficient (Wildman–Crippen LogP) is 1.44. The van der Waals surface area contributed by atoms with Gasteiger partial charge in [-0.3, -0.25) is 4.79 Å². The Kier molecular flexibility index (Phi) is 6.08. The fourth-order valence-electron chi connectivity index (χ4n) is 3.76. The van der Waals surface area contributed by atoms with Crippen molar-refractivity contribution in [2.45, 2.75) is 23.9 Å². The van der Waals surface area contributed by atoms with Crippen molar-refractivity contribution in [3.63, 3.8) is 0 Å². The molecule has 0 radical (unpaired) electrons. The number of ether oxygens (including phenoxy) is 1. The van der Waals surface area contributed by atoms with E-state index in [1.54, 1.807) is 52.2 Å². The number of aryl methyl sites for hydroxylation is 1. The Hall–Kier alpha value is -3.13. The maximum Gasteiger partial charge on any atom is 0.241 e. The van der Waals surface area contributed by atoms with Crippen molar-refractivity contribution in [3.05, 3.63) is 54.5 Å². The third-order valence-electron chi connectivity index (χ3n) is 5.37. The minimum Gasteiger partial charge on any atom is -0.378 e. The van der Waals surface area contributed by atoms with Gasteiger partial charge in [0.2, 0.25) is 15.9 Å². The normalized spacial score (nSPS) is 15.6. The molecule has 1 atom stereocenters. The molecule has 3 aromatic rings. The van der Waals surface area contributed by atoms with E-state index in [4.69, 9.17) is 4.74 Å². The second-order valence-corrected chi connectivity index (χ2v) is 8.98. The fourth-order valence-corrected chi connectivity index (χ4v) is 5.20. The molecule has 1 aliphatic heterocycles. The topological polar surface area (TPSA) is 120 Å². The van der Waals surface area contributed by atoms with Gasteiger partial charge >= 0.3 is 0 Å². The van der Waals surface area contributed by atoms with E-state index in [1.165, 1.54) is 6.07 Å². The van der Waals surface area contributed by atoms with Crippen molar-refractivity contribution in [3.8, 4) is 6.07 Å². The van der Waals surface area contributed by atoms with E-state index in [1.807, 2.05) is 0 Å². The number of carbonyl (C=O) groups is 1. The number of amides is 1. The van der Waals surface area contributed by atoms with Crippen molar-refractivity contribution >= 4 is 26.8 Å². The summed E-state index contributed by atoms with van der Waals surface area (Å²) in [6.07, 6.45) is 3.63. The summed E-state index contributed by atoms with van der Waals surface area (Å²) in [5.74, 6) is -0.293. The zero-order valence-electron chi connectivity index (χ0n) is 16.8. The van der Waals surface area contributed by atoms with Gasteiger partial charge < -0.3 is 19.2 Å². The summed E-state index contributed by atoms with van der Waals surface area (Å²) in [5.41, 5.74) is 1.16. The summed E-state index contributed by atoms with van der Waals surface area (Å²) in [6.45, 7) is 2.00. The molecule has 0 saturated carbocycles. The standard InChI is InChI=1S/C21H23N5O4S/c22-15-16-3-2-9-25(16)10-7-19(21(27)26-11-13-30-14-12-26)24-31(28,29)20-5-1-4-18-17(20)6-8-23-18/h1-6,8-9,19,23-24H,7,10-14H2. The molecule has 4 rings (SSSR count). The molecular formula is C21H23N5O4S. The molecular weight excluding hydrogens is 418 g/mol. The van der Waals surface area contributed by atoms with Crippen molar-refractivity contribution in [2.75, 3.05) is 26.3 Å². The van der Waals surface area contributed by atoms with Gasteiger partial charge in [-0.25, -0.2) is 8.42 Å². The monoisotopic (exact) mass is 441 g/mol. The lowest BCUT2D eigenvalue weighted by Gasteiger charge is -2.30. The highest BCUT2D eigenvalue weighted by molar-refractivity contribution is 7.89. The lowest BCUT2D eigenvalue weighted by molar-refractivity contribution is -0.137. The first-order valence-corrected chi connectivity index (χ1v) is 11.5. The van der Waals surface area contributed by atoms with E-state index in [0.717, 1.165) is 0 Å². The maximum atomic E-state index is 13.2. The first-order valence-electron chi connectivity index (χ1n) is 10.00. The number of benzene rings is 1. The molecule has 1 fully saturated rings. The van der Waals surface area contributed by atoms with E-state index in [-0.39, 0.29) is 17.2 Å². The average Bonchev–Trinajstić information content (AvgIpc) is 3.45. The Morgan fingerprint density at radius 2 is 2.03 bits per heavy atom. The summed E-state index contributed by atoms with van der Waals surface area (Å²) in [6, 6.07) is 11.2. The molecule has 1 aliphatic rings. The highest BCUT2D eigenvalue weighted by Gasteiger charge is 2.31. The lowest BCUT2D eigenvalue weighted by Crippen LogP contribution is -2.52. The van der Waals surface area contributed by atoms with Gasteiger partial charge in [0.25, 0.3) is 0 Å². The number of sulfonamides is 1. The predicted molar refractivity (Wildman–Crippen MR) is 114 cm³/mol. The van der Waals surface area contributed by atoms with Gasteiger partial charge in [0, 0.05) is 42.9 Å². The van der Waals surface area contributed by atoms with Crippen LogP contribution in [0.5, 0.6) is 0 Å². The third-order valence-corrected chi connectivity index (χ3v) is 6.90.